The van der Waals surface area contributed by atoms with E-state index in [1.807, 2.05) is 23.1 Å². The molecule has 0 amide bonds. The highest BCUT2D eigenvalue weighted by molar-refractivity contribution is 5.76. The van der Waals surface area contributed by atoms with Crippen molar-refractivity contribution in [3.63, 3.8) is 0 Å². The number of hydrogen-bond acceptors (Lipinski definition) is 4. The highest BCUT2D eigenvalue weighted by atomic mass is 19.4. The molecule has 2 N–H and O–H groups in total. The summed E-state index contributed by atoms with van der Waals surface area (Å²) < 4.78 is 41.4. The van der Waals surface area contributed by atoms with Gasteiger partial charge in [-0.15, -0.1) is 0 Å². The van der Waals surface area contributed by atoms with Crippen LogP contribution in [0.1, 0.15) is 31.7 Å². The lowest BCUT2D eigenvalue weighted by atomic mass is 9.66. The molecular weight excluding hydrogens is 309 g/mol. The fourth-order valence-corrected chi connectivity index (χ4v) is 3.53. The Hall–Kier alpha value is -1.76. The Kier molecular flexibility index (Phi) is 3.78. The number of benzene rings is 1. The topological polar surface area (TPSA) is 55.6 Å². The van der Waals surface area contributed by atoms with Gasteiger partial charge in [-0.05, 0) is 31.4 Å². The van der Waals surface area contributed by atoms with Crippen molar-refractivity contribution in [2.45, 2.75) is 50.0 Å². The first kappa shape index (κ1) is 16.1. The summed E-state index contributed by atoms with van der Waals surface area (Å²) in [7, 11) is 0. The van der Waals surface area contributed by atoms with Crippen LogP contribution in [-0.2, 0) is 14.9 Å². The largest absolute Gasteiger partial charge is 0.490 e. The third kappa shape index (κ3) is 2.67. The van der Waals surface area contributed by atoms with E-state index >= 15 is 0 Å². The van der Waals surface area contributed by atoms with Gasteiger partial charge in [-0.25, -0.2) is 4.79 Å². The standard InChI is InChI=1S/C16H19F3N2O2/c1-10(13(20)23-14(22)16(17,18)19)21-9-15(7-4-8-15)11-5-2-3-6-12(11)21/h2-3,5-6,10,13H,4,7-9,20H2,1H3. The van der Waals surface area contributed by atoms with Gasteiger partial charge in [-0.1, -0.05) is 24.6 Å². The molecule has 1 aromatic carbocycles. The van der Waals surface area contributed by atoms with E-state index in [9.17, 15) is 18.0 Å². The molecule has 3 rings (SSSR count). The molecule has 2 unspecified atom stereocenters. The number of hydrogen-bond donors (Lipinski definition) is 1. The van der Waals surface area contributed by atoms with Gasteiger partial charge in [-0.2, -0.15) is 13.2 Å². The molecule has 0 radical (unpaired) electrons. The fraction of sp³-hybridized carbons (Fsp3) is 0.562. The van der Waals surface area contributed by atoms with E-state index in [2.05, 4.69) is 10.8 Å². The van der Waals surface area contributed by atoms with Gasteiger partial charge >= 0.3 is 12.1 Å². The smallest absolute Gasteiger partial charge is 0.438 e. The maximum absolute atomic E-state index is 12.3. The van der Waals surface area contributed by atoms with Crippen LogP contribution in [0.5, 0.6) is 0 Å². The van der Waals surface area contributed by atoms with E-state index < -0.39 is 24.4 Å². The van der Waals surface area contributed by atoms with Crippen LogP contribution < -0.4 is 10.6 Å². The maximum Gasteiger partial charge on any atom is 0.490 e. The average molecular weight is 328 g/mol. The minimum absolute atomic E-state index is 0.0681. The molecule has 1 spiro atoms. The van der Waals surface area contributed by atoms with E-state index in [1.54, 1.807) is 6.92 Å². The Balaban J connectivity index is 1.78. The van der Waals surface area contributed by atoms with Crippen molar-refractivity contribution in [2.24, 2.45) is 5.73 Å². The quantitative estimate of drug-likeness (QED) is 0.685. The Morgan fingerprint density at radius 3 is 2.57 bits per heavy atom. The van der Waals surface area contributed by atoms with Crippen molar-refractivity contribution in [1.29, 1.82) is 0 Å². The number of anilines is 1. The summed E-state index contributed by atoms with van der Waals surface area (Å²) >= 11 is 0. The lowest BCUT2D eigenvalue weighted by Gasteiger charge is -2.40. The van der Waals surface area contributed by atoms with Gasteiger partial charge < -0.3 is 9.64 Å². The predicted octanol–water partition coefficient (Wildman–Crippen LogP) is 2.71. The zero-order valence-electron chi connectivity index (χ0n) is 12.8. The second-order valence-corrected chi connectivity index (χ2v) is 6.39. The normalized spacial score (nSPS) is 21.5. The van der Waals surface area contributed by atoms with Gasteiger partial charge in [0.2, 0.25) is 0 Å². The van der Waals surface area contributed by atoms with Crippen LogP contribution in [0.2, 0.25) is 0 Å². The number of carbonyl (C=O) groups is 1. The first-order valence-electron chi connectivity index (χ1n) is 7.64. The third-order valence-corrected chi connectivity index (χ3v) is 5.01. The number of alkyl halides is 3. The van der Waals surface area contributed by atoms with Crippen LogP contribution >= 0.6 is 0 Å². The number of ether oxygens (including phenoxy) is 1. The zero-order valence-corrected chi connectivity index (χ0v) is 12.8. The van der Waals surface area contributed by atoms with Crippen LogP contribution in [0.3, 0.4) is 0 Å². The molecule has 0 aromatic heterocycles. The number of carbonyl (C=O) groups excluding carboxylic acids is 1. The molecule has 1 saturated carbocycles. The van der Waals surface area contributed by atoms with Gasteiger partial charge in [0.05, 0.1) is 6.04 Å². The highest BCUT2D eigenvalue weighted by Crippen LogP contribution is 2.53. The van der Waals surface area contributed by atoms with Crippen molar-refractivity contribution in [3.8, 4) is 0 Å². The van der Waals surface area contributed by atoms with Crippen molar-refractivity contribution in [1.82, 2.24) is 0 Å². The van der Waals surface area contributed by atoms with Crippen LogP contribution in [0.15, 0.2) is 24.3 Å². The second-order valence-electron chi connectivity index (χ2n) is 6.39. The summed E-state index contributed by atoms with van der Waals surface area (Å²) in [6.45, 7) is 2.38. The molecule has 1 aliphatic carbocycles. The van der Waals surface area contributed by atoms with Gasteiger partial charge in [0.25, 0.3) is 0 Å². The summed E-state index contributed by atoms with van der Waals surface area (Å²) in [4.78, 5) is 12.9. The summed E-state index contributed by atoms with van der Waals surface area (Å²) in [5.74, 6) is -2.25. The first-order chi connectivity index (χ1) is 10.7. The molecule has 4 nitrogen and oxygen atoms in total. The number of nitrogens with two attached hydrogens (primary N) is 1. The van der Waals surface area contributed by atoms with Crippen LogP contribution in [-0.4, -0.2) is 31.0 Å². The van der Waals surface area contributed by atoms with Crippen LogP contribution in [0, 0.1) is 0 Å². The van der Waals surface area contributed by atoms with Gasteiger partial charge in [0.1, 0.15) is 0 Å². The molecule has 2 atom stereocenters. The number of halogens is 3. The second kappa shape index (κ2) is 5.40. The van der Waals surface area contributed by atoms with E-state index in [1.165, 1.54) is 5.56 Å². The molecule has 126 valence electrons. The number of nitrogens with zero attached hydrogens (tertiary/aromatic N) is 1. The van der Waals surface area contributed by atoms with Crippen molar-refractivity contribution >= 4 is 11.7 Å². The maximum atomic E-state index is 12.3. The number of para-hydroxylation sites is 1. The fourth-order valence-electron chi connectivity index (χ4n) is 3.53. The lowest BCUT2D eigenvalue weighted by molar-refractivity contribution is -0.205. The first-order valence-corrected chi connectivity index (χ1v) is 7.64. The molecule has 1 heterocycles. The molecule has 1 aromatic rings. The molecule has 0 saturated heterocycles. The molecule has 0 bridgehead atoms. The predicted molar refractivity (Wildman–Crippen MR) is 78.9 cm³/mol. The minimum atomic E-state index is -5.03. The summed E-state index contributed by atoms with van der Waals surface area (Å²) in [5.41, 5.74) is 7.97. The SMILES string of the molecule is CC(C(N)OC(=O)C(F)(F)F)N1CC2(CCC2)c2ccccc21. The monoisotopic (exact) mass is 328 g/mol. The van der Waals surface area contributed by atoms with Gasteiger partial charge in [0.15, 0.2) is 6.23 Å². The molecular formula is C16H19F3N2O2. The Bertz CT molecular complexity index is 614. The van der Waals surface area contributed by atoms with Crippen molar-refractivity contribution < 1.29 is 22.7 Å². The molecule has 7 heteroatoms. The summed E-state index contributed by atoms with van der Waals surface area (Å²) in [6.07, 6.45) is -3.11. The zero-order chi connectivity index (χ0) is 16.8. The van der Waals surface area contributed by atoms with Crippen LogP contribution in [0.4, 0.5) is 18.9 Å². The Morgan fingerprint density at radius 1 is 1.35 bits per heavy atom. The summed E-state index contributed by atoms with van der Waals surface area (Å²) in [5, 5.41) is 0. The molecule has 2 aliphatic rings. The Morgan fingerprint density at radius 2 is 2.00 bits per heavy atom. The van der Waals surface area contributed by atoms with E-state index in [0.717, 1.165) is 24.9 Å². The number of fused-ring (bicyclic) bond motifs is 2. The van der Waals surface area contributed by atoms with E-state index in [4.69, 9.17) is 5.73 Å². The number of rotatable bonds is 3. The van der Waals surface area contributed by atoms with Gasteiger partial charge in [-0.3, -0.25) is 5.73 Å². The molecule has 1 fully saturated rings. The van der Waals surface area contributed by atoms with Crippen molar-refractivity contribution in [2.75, 3.05) is 11.4 Å². The van der Waals surface area contributed by atoms with Crippen LogP contribution in [0.25, 0.3) is 0 Å². The van der Waals surface area contributed by atoms with Crippen molar-refractivity contribution in [3.05, 3.63) is 29.8 Å². The summed E-state index contributed by atoms with van der Waals surface area (Å²) in [6, 6.07) is 7.33. The Labute approximate surface area is 132 Å². The van der Waals surface area contributed by atoms with E-state index in [-0.39, 0.29) is 5.41 Å². The molecule has 1 aliphatic heterocycles. The van der Waals surface area contributed by atoms with E-state index in [0.29, 0.717) is 6.54 Å². The lowest BCUT2D eigenvalue weighted by Crippen LogP contribution is -2.51. The average Bonchev–Trinajstić information content (AvgIpc) is 2.81. The highest BCUT2D eigenvalue weighted by Gasteiger charge is 2.49. The third-order valence-electron chi connectivity index (χ3n) is 5.01. The minimum Gasteiger partial charge on any atom is -0.438 e. The number of esters is 1. The van der Waals surface area contributed by atoms with Gasteiger partial charge in [0, 0.05) is 17.6 Å². The molecule has 23 heavy (non-hydrogen) atoms.